The monoisotopic (exact) mass is 315 g/mol. The average Bonchev–Trinajstić information content (AvgIpc) is 2.55. The van der Waals surface area contributed by atoms with Crippen LogP contribution in [0.4, 0.5) is 16.2 Å². The van der Waals surface area contributed by atoms with E-state index in [4.69, 9.17) is 4.74 Å². The van der Waals surface area contributed by atoms with Crippen LogP contribution in [0.2, 0.25) is 0 Å². The summed E-state index contributed by atoms with van der Waals surface area (Å²) in [6.45, 7) is 2.85. The topological polar surface area (TPSA) is 93.5 Å². The van der Waals surface area contributed by atoms with Gasteiger partial charge in [-0.15, -0.1) is 0 Å². The number of benzene rings is 2. The van der Waals surface area contributed by atoms with E-state index in [-0.39, 0.29) is 5.69 Å². The van der Waals surface area contributed by atoms with Gasteiger partial charge in [-0.25, -0.2) is 4.79 Å². The fraction of sp³-hybridized carbons (Fsp3) is 0.188. The molecule has 2 rings (SSSR count). The van der Waals surface area contributed by atoms with Crippen LogP contribution in [-0.2, 0) is 6.54 Å². The minimum atomic E-state index is -0.511. The number of hydrogen-bond acceptors (Lipinski definition) is 4. The molecule has 0 aliphatic heterocycles. The largest absolute Gasteiger partial charge is 0.494 e. The Morgan fingerprint density at radius 1 is 1.22 bits per heavy atom. The Morgan fingerprint density at radius 2 is 1.96 bits per heavy atom. The first-order chi connectivity index (χ1) is 11.1. The normalized spacial score (nSPS) is 9.96. The number of hydrogen-bond donors (Lipinski definition) is 2. The van der Waals surface area contributed by atoms with Crippen LogP contribution in [0, 0.1) is 10.1 Å². The SMILES string of the molecule is CCOc1ccc(CNC(=O)Nc2cccc([N+](=O)[O-])c2)cc1. The summed E-state index contributed by atoms with van der Waals surface area (Å²) in [7, 11) is 0. The van der Waals surface area contributed by atoms with Crippen molar-refractivity contribution in [2.24, 2.45) is 0 Å². The molecule has 0 heterocycles. The number of nitro benzene ring substituents is 1. The Hall–Kier alpha value is -3.09. The summed E-state index contributed by atoms with van der Waals surface area (Å²) < 4.78 is 5.34. The quantitative estimate of drug-likeness (QED) is 0.631. The van der Waals surface area contributed by atoms with E-state index in [1.165, 1.54) is 18.2 Å². The zero-order valence-corrected chi connectivity index (χ0v) is 12.6. The van der Waals surface area contributed by atoms with E-state index < -0.39 is 11.0 Å². The lowest BCUT2D eigenvalue weighted by Crippen LogP contribution is -2.28. The molecule has 2 aromatic carbocycles. The highest BCUT2D eigenvalue weighted by atomic mass is 16.6. The first-order valence-electron chi connectivity index (χ1n) is 7.09. The summed E-state index contributed by atoms with van der Waals surface area (Å²) in [5, 5.41) is 15.9. The maximum absolute atomic E-state index is 11.8. The number of nitro groups is 1. The van der Waals surface area contributed by atoms with Crippen LogP contribution in [0.5, 0.6) is 5.75 Å². The van der Waals surface area contributed by atoms with E-state index in [1.54, 1.807) is 6.07 Å². The van der Waals surface area contributed by atoms with Gasteiger partial charge in [-0.1, -0.05) is 18.2 Å². The van der Waals surface area contributed by atoms with Gasteiger partial charge in [0.1, 0.15) is 5.75 Å². The molecule has 7 nitrogen and oxygen atoms in total. The number of anilines is 1. The molecule has 0 fully saturated rings. The van der Waals surface area contributed by atoms with Crippen molar-refractivity contribution in [1.82, 2.24) is 5.32 Å². The van der Waals surface area contributed by atoms with Crippen LogP contribution in [0.3, 0.4) is 0 Å². The van der Waals surface area contributed by atoms with Crippen LogP contribution in [0.25, 0.3) is 0 Å². The van der Waals surface area contributed by atoms with Crippen LogP contribution in [0.1, 0.15) is 12.5 Å². The molecule has 0 unspecified atom stereocenters. The maximum Gasteiger partial charge on any atom is 0.319 e. The van der Waals surface area contributed by atoms with Crippen molar-refractivity contribution < 1.29 is 14.5 Å². The molecule has 0 saturated heterocycles. The van der Waals surface area contributed by atoms with Crippen molar-refractivity contribution in [3.8, 4) is 5.75 Å². The van der Waals surface area contributed by atoms with Gasteiger partial charge in [0.05, 0.1) is 11.5 Å². The average molecular weight is 315 g/mol. The molecule has 2 N–H and O–H groups in total. The lowest BCUT2D eigenvalue weighted by Gasteiger charge is -2.08. The predicted octanol–water partition coefficient (Wildman–Crippen LogP) is 3.32. The molecular weight excluding hydrogens is 298 g/mol. The molecule has 2 aromatic rings. The van der Waals surface area contributed by atoms with Crippen molar-refractivity contribution in [3.63, 3.8) is 0 Å². The number of non-ortho nitro benzene ring substituents is 1. The molecule has 0 bridgehead atoms. The number of nitrogens with zero attached hydrogens (tertiary/aromatic N) is 1. The molecule has 120 valence electrons. The first kappa shape index (κ1) is 16.3. The Labute approximate surface area is 133 Å². The van der Waals surface area contributed by atoms with Crippen molar-refractivity contribution >= 4 is 17.4 Å². The Kier molecular flexibility index (Phi) is 5.51. The van der Waals surface area contributed by atoms with E-state index in [1.807, 2.05) is 31.2 Å². The Balaban J connectivity index is 1.87. The third-order valence-corrected chi connectivity index (χ3v) is 3.00. The lowest BCUT2D eigenvalue weighted by molar-refractivity contribution is -0.384. The predicted molar refractivity (Wildman–Crippen MR) is 86.6 cm³/mol. The zero-order valence-electron chi connectivity index (χ0n) is 12.6. The van der Waals surface area contributed by atoms with Gasteiger partial charge in [0.15, 0.2) is 0 Å². The number of ether oxygens (including phenoxy) is 1. The second-order valence-corrected chi connectivity index (χ2v) is 4.69. The smallest absolute Gasteiger partial charge is 0.319 e. The zero-order chi connectivity index (χ0) is 16.7. The number of nitrogens with one attached hydrogen (secondary N) is 2. The van der Waals surface area contributed by atoms with Crippen molar-refractivity contribution in [2.75, 3.05) is 11.9 Å². The fourth-order valence-corrected chi connectivity index (χ4v) is 1.93. The number of carbonyl (C=O) groups is 1. The van der Waals surface area contributed by atoms with Crippen molar-refractivity contribution in [1.29, 1.82) is 0 Å². The molecule has 7 heteroatoms. The molecule has 23 heavy (non-hydrogen) atoms. The number of rotatable bonds is 6. The van der Waals surface area contributed by atoms with E-state index in [2.05, 4.69) is 10.6 Å². The first-order valence-corrected chi connectivity index (χ1v) is 7.09. The van der Waals surface area contributed by atoms with Crippen LogP contribution >= 0.6 is 0 Å². The molecule has 0 saturated carbocycles. The van der Waals surface area contributed by atoms with Gasteiger partial charge < -0.3 is 15.4 Å². The molecule has 0 radical (unpaired) electrons. The van der Waals surface area contributed by atoms with Gasteiger partial charge in [0.2, 0.25) is 0 Å². The highest BCUT2D eigenvalue weighted by molar-refractivity contribution is 5.89. The maximum atomic E-state index is 11.8. The molecule has 2 amide bonds. The van der Waals surface area contributed by atoms with E-state index >= 15 is 0 Å². The second kappa shape index (κ2) is 7.79. The minimum absolute atomic E-state index is 0.0747. The summed E-state index contributed by atoms with van der Waals surface area (Å²) in [6, 6.07) is 12.7. The van der Waals surface area contributed by atoms with Crippen LogP contribution in [0.15, 0.2) is 48.5 Å². The van der Waals surface area contributed by atoms with E-state index in [0.29, 0.717) is 18.8 Å². The van der Waals surface area contributed by atoms with Gasteiger partial charge in [-0.05, 0) is 30.7 Å². The molecule has 0 aliphatic rings. The van der Waals surface area contributed by atoms with Gasteiger partial charge in [-0.2, -0.15) is 0 Å². The standard InChI is InChI=1S/C16H17N3O4/c1-2-23-15-8-6-12(7-9-15)11-17-16(20)18-13-4-3-5-14(10-13)19(21)22/h3-10H,2,11H2,1H3,(H2,17,18,20). The number of carbonyl (C=O) groups excluding carboxylic acids is 1. The number of urea groups is 1. The van der Waals surface area contributed by atoms with Gasteiger partial charge in [0.25, 0.3) is 5.69 Å². The number of amides is 2. The summed E-state index contributed by atoms with van der Waals surface area (Å²) >= 11 is 0. The molecule has 0 atom stereocenters. The van der Waals surface area contributed by atoms with Gasteiger partial charge in [0, 0.05) is 24.4 Å². The summed E-state index contributed by atoms with van der Waals surface area (Å²) in [5.74, 6) is 0.775. The Morgan fingerprint density at radius 3 is 2.61 bits per heavy atom. The van der Waals surface area contributed by atoms with Crippen molar-refractivity contribution in [3.05, 3.63) is 64.2 Å². The Bertz CT molecular complexity index is 686. The lowest BCUT2D eigenvalue weighted by atomic mass is 10.2. The summed E-state index contributed by atoms with van der Waals surface area (Å²) in [4.78, 5) is 22.0. The van der Waals surface area contributed by atoms with E-state index in [0.717, 1.165) is 11.3 Å². The molecule has 0 aromatic heterocycles. The third-order valence-electron chi connectivity index (χ3n) is 3.00. The minimum Gasteiger partial charge on any atom is -0.494 e. The third kappa shape index (κ3) is 4.99. The van der Waals surface area contributed by atoms with E-state index in [9.17, 15) is 14.9 Å². The second-order valence-electron chi connectivity index (χ2n) is 4.69. The summed E-state index contributed by atoms with van der Waals surface area (Å²) in [6.07, 6.45) is 0. The van der Waals surface area contributed by atoms with Crippen molar-refractivity contribution in [2.45, 2.75) is 13.5 Å². The highest BCUT2D eigenvalue weighted by Gasteiger charge is 2.07. The highest BCUT2D eigenvalue weighted by Crippen LogP contribution is 2.17. The van der Waals surface area contributed by atoms with Crippen LogP contribution in [-0.4, -0.2) is 17.6 Å². The van der Waals surface area contributed by atoms with Gasteiger partial charge >= 0.3 is 6.03 Å². The molecular formula is C16H17N3O4. The fourth-order valence-electron chi connectivity index (χ4n) is 1.93. The summed E-state index contributed by atoms with van der Waals surface area (Å²) in [5.41, 5.74) is 1.21. The molecule has 0 aliphatic carbocycles. The molecule has 0 spiro atoms. The van der Waals surface area contributed by atoms with Gasteiger partial charge in [-0.3, -0.25) is 10.1 Å². The van der Waals surface area contributed by atoms with Crippen LogP contribution < -0.4 is 15.4 Å².